The van der Waals surface area contributed by atoms with Gasteiger partial charge in [-0.25, -0.2) is 0 Å². The second-order valence-corrected chi connectivity index (χ2v) is 5.63. The zero-order chi connectivity index (χ0) is 12.5. The molecule has 1 amide bonds. The Morgan fingerprint density at radius 3 is 2.94 bits per heavy atom. The van der Waals surface area contributed by atoms with Gasteiger partial charge in [0.15, 0.2) is 0 Å². The zero-order valence-electron chi connectivity index (χ0n) is 10.9. The molecule has 0 aliphatic carbocycles. The Hall–Kier alpha value is -1.35. The standard InChI is InChI=1S/C15H20N2O/c1-12-5-4-8-16(9-12)11-17-10-13-6-2-3-7-14(13)15(17)18/h2-3,6-7,12H,4-5,8-11H2,1H3/t12-/m0/s1. The van der Waals surface area contributed by atoms with Gasteiger partial charge in [-0.3, -0.25) is 9.69 Å². The Morgan fingerprint density at radius 2 is 2.17 bits per heavy atom. The van der Waals surface area contributed by atoms with E-state index in [1.807, 2.05) is 23.1 Å². The number of hydrogen-bond acceptors (Lipinski definition) is 2. The van der Waals surface area contributed by atoms with Crippen molar-refractivity contribution in [1.82, 2.24) is 9.80 Å². The minimum absolute atomic E-state index is 0.198. The van der Waals surface area contributed by atoms with E-state index >= 15 is 0 Å². The average molecular weight is 244 g/mol. The molecule has 0 unspecified atom stereocenters. The molecular formula is C15H20N2O. The van der Waals surface area contributed by atoms with Gasteiger partial charge in [0, 0.05) is 18.7 Å². The van der Waals surface area contributed by atoms with Crippen LogP contribution in [-0.2, 0) is 6.54 Å². The van der Waals surface area contributed by atoms with Gasteiger partial charge in [-0.05, 0) is 36.9 Å². The van der Waals surface area contributed by atoms with E-state index in [1.54, 1.807) is 0 Å². The third kappa shape index (κ3) is 2.15. The summed E-state index contributed by atoms with van der Waals surface area (Å²) >= 11 is 0. The second-order valence-electron chi connectivity index (χ2n) is 5.63. The molecule has 1 aromatic rings. The van der Waals surface area contributed by atoms with E-state index in [0.717, 1.165) is 37.8 Å². The number of likely N-dealkylation sites (tertiary alicyclic amines) is 1. The highest BCUT2D eigenvalue weighted by Crippen LogP contribution is 2.23. The molecule has 0 N–H and O–H groups in total. The first-order valence-electron chi connectivity index (χ1n) is 6.83. The molecular weight excluding hydrogens is 224 g/mol. The third-order valence-electron chi connectivity index (χ3n) is 4.01. The van der Waals surface area contributed by atoms with Crippen molar-refractivity contribution in [3.63, 3.8) is 0 Å². The highest BCUT2D eigenvalue weighted by atomic mass is 16.2. The zero-order valence-corrected chi connectivity index (χ0v) is 10.9. The second kappa shape index (κ2) is 4.73. The SMILES string of the molecule is C[C@H]1CCCN(CN2Cc3ccccc3C2=O)C1. The van der Waals surface area contributed by atoms with Crippen LogP contribution in [0.3, 0.4) is 0 Å². The third-order valence-corrected chi connectivity index (χ3v) is 4.01. The molecule has 1 fully saturated rings. The fourth-order valence-electron chi connectivity index (χ4n) is 3.09. The van der Waals surface area contributed by atoms with Gasteiger partial charge < -0.3 is 4.90 Å². The quantitative estimate of drug-likeness (QED) is 0.797. The fourth-order valence-corrected chi connectivity index (χ4v) is 3.09. The molecule has 0 bridgehead atoms. The van der Waals surface area contributed by atoms with Crippen molar-refractivity contribution < 1.29 is 4.79 Å². The predicted molar refractivity (Wildman–Crippen MR) is 71.2 cm³/mol. The highest BCUT2D eigenvalue weighted by molar-refractivity contribution is 5.98. The molecule has 1 aromatic carbocycles. The minimum Gasteiger partial charge on any atom is -0.321 e. The van der Waals surface area contributed by atoms with E-state index < -0.39 is 0 Å². The molecule has 0 spiro atoms. The summed E-state index contributed by atoms with van der Waals surface area (Å²) in [6.45, 7) is 6.12. The van der Waals surface area contributed by atoms with E-state index in [9.17, 15) is 4.79 Å². The van der Waals surface area contributed by atoms with Gasteiger partial charge in [0.05, 0.1) is 6.67 Å². The molecule has 1 saturated heterocycles. The first kappa shape index (κ1) is 11.7. The van der Waals surface area contributed by atoms with Crippen LogP contribution in [0, 0.1) is 5.92 Å². The van der Waals surface area contributed by atoms with Crippen molar-refractivity contribution in [2.24, 2.45) is 5.92 Å². The number of hydrogen-bond donors (Lipinski definition) is 0. The van der Waals surface area contributed by atoms with Crippen molar-refractivity contribution in [1.29, 1.82) is 0 Å². The van der Waals surface area contributed by atoms with Gasteiger partial charge >= 0.3 is 0 Å². The van der Waals surface area contributed by atoms with Crippen molar-refractivity contribution in [3.05, 3.63) is 35.4 Å². The number of piperidine rings is 1. The summed E-state index contributed by atoms with van der Waals surface area (Å²) in [5.41, 5.74) is 2.06. The van der Waals surface area contributed by atoms with Crippen LogP contribution in [0.5, 0.6) is 0 Å². The Balaban J connectivity index is 1.67. The van der Waals surface area contributed by atoms with Gasteiger partial charge in [-0.2, -0.15) is 0 Å². The Kier molecular flexibility index (Phi) is 3.08. The van der Waals surface area contributed by atoms with Crippen LogP contribution >= 0.6 is 0 Å². The molecule has 3 heteroatoms. The predicted octanol–water partition coefficient (Wildman–Crippen LogP) is 2.33. The number of fused-ring (bicyclic) bond motifs is 1. The summed E-state index contributed by atoms with van der Waals surface area (Å²) in [7, 11) is 0. The van der Waals surface area contributed by atoms with Crippen LogP contribution in [0.2, 0.25) is 0 Å². The molecule has 0 saturated carbocycles. The lowest BCUT2D eigenvalue weighted by atomic mass is 10.0. The molecule has 18 heavy (non-hydrogen) atoms. The van der Waals surface area contributed by atoms with E-state index in [2.05, 4.69) is 17.9 Å². The number of nitrogens with zero attached hydrogens (tertiary/aromatic N) is 2. The number of carbonyl (C=O) groups excluding carboxylic acids is 1. The topological polar surface area (TPSA) is 23.6 Å². The van der Waals surface area contributed by atoms with Crippen LogP contribution in [0.15, 0.2) is 24.3 Å². The lowest BCUT2D eigenvalue weighted by Gasteiger charge is -2.33. The van der Waals surface area contributed by atoms with Crippen molar-refractivity contribution >= 4 is 5.91 Å². The van der Waals surface area contributed by atoms with E-state index in [1.165, 1.54) is 18.4 Å². The number of benzene rings is 1. The van der Waals surface area contributed by atoms with E-state index in [4.69, 9.17) is 0 Å². The summed E-state index contributed by atoms with van der Waals surface area (Å²) < 4.78 is 0. The van der Waals surface area contributed by atoms with Gasteiger partial charge in [0.1, 0.15) is 0 Å². The molecule has 3 rings (SSSR count). The Bertz CT molecular complexity index is 458. The Labute approximate surface area is 108 Å². The maximum absolute atomic E-state index is 12.3. The van der Waals surface area contributed by atoms with Crippen LogP contribution in [0.4, 0.5) is 0 Å². The van der Waals surface area contributed by atoms with Gasteiger partial charge in [-0.15, -0.1) is 0 Å². The minimum atomic E-state index is 0.198. The molecule has 96 valence electrons. The number of carbonyl (C=O) groups is 1. The lowest BCUT2D eigenvalue weighted by Crippen LogP contribution is -2.42. The maximum atomic E-state index is 12.3. The molecule has 2 aliphatic heterocycles. The molecule has 2 heterocycles. The summed E-state index contributed by atoms with van der Waals surface area (Å²) in [6.07, 6.45) is 2.58. The van der Waals surface area contributed by atoms with E-state index in [-0.39, 0.29) is 5.91 Å². The van der Waals surface area contributed by atoms with E-state index in [0.29, 0.717) is 0 Å². The molecule has 1 atom stereocenters. The number of amides is 1. The van der Waals surface area contributed by atoms with Crippen molar-refractivity contribution in [2.75, 3.05) is 19.8 Å². The maximum Gasteiger partial charge on any atom is 0.255 e. The van der Waals surface area contributed by atoms with Gasteiger partial charge in [0.2, 0.25) is 0 Å². The highest BCUT2D eigenvalue weighted by Gasteiger charge is 2.28. The molecule has 0 aromatic heterocycles. The molecule has 2 aliphatic rings. The summed E-state index contributed by atoms with van der Waals surface area (Å²) in [5, 5.41) is 0. The first-order chi connectivity index (χ1) is 8.74. The van der Waals surface area contributed by atoms with Crippen LogP contribution in [-0.4, -0.2) is 35.5 Å². The van der Waals surface area contributed by atoms with Crippen molar-refractivity contribution in [3.8, 4) is 0 Å². The molecule has 0 radical (unpaired) electrons. The smallest absolute Gasteiger partial charge is 0.255 e. The summed E-state index contributed by atoms with van der Waals surface area (Å²) in [5.74, 6) is 0.961. The van der Waals surface area contributed by atoms with Crippen molar-refractivity contribution in [2.45, 2.75) is 26.3 Å². The summed E-state index contributed by atoms with van der Waals surface area (Å²) in [4.78, 5) is 16.6. The largest absolute Gasteiger partial charge is 0.321 e. The Morgan fingerprint density at radius 1 is 1.33 bits per heavy atom. The van der Waals surface area contributed by atoms with Gasteiger partial charge in [0.25, 0.3) is 5.91 Å². The fraction of sp³-hybridized carbons (Fsp3) is 0.533. The van der Waals surface area contributed by atoms with Gasteiger partial charge in [-0.1, -0.05) is 25.1 Å². The average Bonchev–Trinajstić information content (AvgIpc) is 2.67. The number of rotatable bonds is 2. The molecule has 3 nitrogen and oxygen atoms in total. The monoisotopic (exact) mass is 244 g/mol. The van der Waals surface area contributed by atoms with Crippen LogP contribution in [0.1, 0.15) is 35.7 Å². The van der Waals surface area contributed by atoms with Crippen LogP contribution in [0.25, 0.3) is 0 Å². The van der Waals surface area contributed by atoms with Crippen LogP contribution < -0.4 is 0 Å². The lowest BCUT2D eigenvalue weighted by molar-refractivity contribution is 0.0574. The summed E-state index contributed by atoms with van der Waals surface area (Å²) in [6, 6.07) is 7.96. The normalized spacial score (nSPS) is 24.4. The first-order valence-corrected chi connectivity index (χ1v) is 6.83.